The number of hydrogen-bond donors (Lipinski definition) is 2. The molecule has 2 saturated heterocycles. The third kappa shape index (κ3) is 4.08. The van der Waals surface area contributed by atoms with Gasteiger partial charge in [-0.25, -0.2) is 8.42 Å². The summed E-state index contributed by atoms with van der Waals surface area (Å²) in [5.41, 5.74) is 8.75. The van der Waals surface area contributed by atoms with Gasteiger partial charge in [0.05, 0.1) is 18.0 Å². The van der Waals surface area contributed by atoms with Crippen molar-refractivity contribution in [3.05, 3.63) is 59.2 Å². The number of carbonyl (C=O) groups excluding carboxylic acids is 1. The quantitative estimate of drug-likeness (QED) is 0.758. The second-order valence-electron chi connectivity index (χ2n) is 7.92. The highest BCUT2D eigenvalue weighted by molar-refractivity contribution is 7.90. The number of nitrogens with zero attached hydrogens (tertiary/aromatic N) is 1. The normalized spacial score (nSPS) is 19.9. The van der Waals surface area contributed by atoms with Crippen LogP contribution in [-0.4, -0.2) is 52.2 Å². The Bertz CT molecular complexity index is 1050. The van der Waals surface area contributed by atoms with Crippen molar-refractivity contribution in [3.8, 4) is 5.75 Å². The van der Waals surface area contributed by atoms with Gasteiger partial charge in [0.1, 0.15) is 5.75 Å². The Kier molecular flexibility index (Phi) is 5.81. The molecule has 2 N–H and O–H groups in total. The van der Waals surface area contributed by atoms with Crippen LogP contribution < -0.4 is 15.6 Å². The van der Waals surface area contributed by atoms with Crippen molar-refractivity contribution >= 4 is 15.7 Å². The lowest BCUT2D eigenvalue weighted by Gasteiger charge is -2.26. The van der Waals surface area contributed by atoms with Gasteiger partial charge in [-0.1, -0.05) is 18.2 Å². The maximum absolute atomic E-state index is 13.3. The molecular formula is C22H27N3O4S. The van der Waals surface area contributed by atoms with Gasteiger partial charge >= 0.3 is 0 Å². The minimum atomic E-state index is -3.30. The van der Waals surface area contributed by atoms with Crippen LogP contribution in [0, 0.1) is 0 Å². The zero-order valence-electron chi connectivity index (χ0n) is 17.2. The Balaban J connectivity index is 1.61. The van der Waals surface area contributed by atoms with E-state index in [9.17, 15) is 13.2 Å². The van der Waals surface area contributed by atoms with Crippen LogP contribution in [0.5, 0.6) is 5.75 Å². The first-order valence-electron chi connectivity index (χ1n) is 10.1. The Morgan fingerprint density at radius 2 is 1.90 bits per heavy atom. The predicted molar refractivity (Wildman–Crippen MR) is 114 cm³/mol. The van der Waals surface area contributed by atoms with E-state index in [1.54, 1.807) is 25.3 Å². The molecule has 4 rings (SSSR count). The molecule has 1 atom stereocenters. The Morgan fingerprint density at radius 1 is 1.13 bits per heavy atom. The van der Waals surface area contributed by atoms with Crippen LogP contribution in [-0.2, 0) is 9.84 Å². The first-order chi connectivity index (χ1) is 14.4. The molecule has 160 valence electrons. The van der Waals surface area contributed by atoms with Crippen LogP contribution in [0.15, 0.2) is 47.4 Å². The molecule has 0 radical (unpaired) electrons. The maximum atomic E-state index is 13.3. The average molecular weight is 430 g/mol. The van der Waals surface area contributed by atoms with Gasteiger partial charge in [-0.2, -0.15) is 0 Å². The van der Waals surface area contributed by atoms with Gasteiger partial charge in [0, 0.05) is 37.4 Å². The maximum Gasteiger partial charge on any atom is 0.254 e. The van der Waals surface area contributed by atoms with Crippen molar-refractivity contribution in [1.29, 1.82) is 0 Å². The van der Waals surface area contributed by atoms with Crippen LogP contribution in [0.1, 0.15) is 46.3 Å². The molecule has 0 unspecified atom stereocenters. The minimum absolute atomic E-state index is 0.0604. The van der Waals surface area contributed by atoms with Gasteiger partial charge < -0.3 is 9.64 Å². The zero-order chi connectivity index (χ0) is 21.3. The molecule has 7 nitrogen and oxygen atoms in total. The fourth-order valence-electron chi connectivity index (χ4n) is 4.34. The van der Waals surface area contributed by atoms with E-state index < -0.39 is 9.84 Å². The highest BCUT2D eigenvalue weighted by Gasteiger charge is 2.32. The Morgan fingerprint density at radius 3 is 2.60 bits per heavy atom. The van der Waals surface area contributed by atoms with Gasteiger partial charge in [0.15, 0.2) is 9.84 Å². The fraction of sp³-hybridized carbons (Fsp3) is 0.409. The number of methoxy groups -OCH3 is 1. The molecule has 2 fully saturated rings. The van der Waals surface area contributed by atoms with Crippen LogP contribution in [0.25, 0.3) is 0 Å². The number of likely N-dealkylation sites (tertiary alicyclic amines) is 1. The molecule has 0 saturated carbocycles. The number of hydrogen-bond acceptors (Lipinski definition) is 6. The number of amides is 1. The molecule has 2 aromatic rings. The smallest absolute Gasteiger partial charge is 0.254 e. The Labute approximate surface area is 177 Å². The second-order valence-corrected chi connectivity index (χ2v) is 9.93. The summed E-state index contributed by atoms with van der Waals surface area (Å²) in [7, 11) is -1.67. The van der Waals surface area contributed by atoms with Gasteiger partial charge in [0.2, 0.25) is 0 Å². The predicted octanol–water partition coefficient (Wildman–Crippen LogP) is 2.27. The summed E-state index contributed by atoms with van der Waals surface area (Å²) >= 11 is 0. The van der Waals surface area contributed by atoms with Crippen molar-refractivity contribution in [2.75, 3.05) is 33.0 Å². The van der Waals surface area contributed by atoms with Crippen LogP contribution in [0.2, 0.25) is 0 Å². The molecule has 2 heterocycles. The summed E-state index contributed by atoms with van der Waals surface area (Å²) in [4.78, 5) is 15.5. The van der Waals surface area contributed by atoms with E-state index in [4.69, 9.17) is 4.74 Å². The summed E-state index contributed by atoms with van der Waals surface area (Å²) < 4.78 is 29.5. The topological polar surface area (TPSA) is 87.7 Å². The van der Waals surface area contributed by atoms with Crippen LogP contribution in [0.4, 0.5) is 0 Å². The van der Waals surface area contributed by atoms with Crippen molar-refractivity contribution in [3.63, 3.8) is 0 Å². The highest BCUT2D eigenvalue weighted by Crippen LogP contribution is 2.35. The third-order valence-electron chi connectivity index (χ3n) is 5.93. The van der Waals surface area contributed by atoms with Gasteiger partial charge in [-0.15, -0.1) is 0 Å². The SMILES string of the molecule is COc1cc(C(=O)N2CCC[C@@H]2c2cccc(S(C)(=O)=O)c2)ccc1C1CNNC1. The van der Waals surface area contributed by atoms with Crippen molar-refractivity contribution < 1.29 is 17.9 Å². The van der Waals surface area contributed by atoms with Gasteiger partial charge in [-0.3, -0.25) is 15.6 Å². The van der Waals surface area contributed by atoms with Crippen molar-refractivity contribution in [2.45, 2.75) is 29.7 Å². The largest absolute Gasteiger partial charge is 0.496 e. The second kappa shape index (κ2) is 8.37. The highest BCUT2D eigenvalue weighted by atomic mass is 32.2. The van der Waals surface area contributed by atoms with Crippen molar-refractivity contribution in [1.82, 2.24) is 15.8 Å². The van der Waals surface area contributed by atoms with E-state index in [1.807, 2.05) is 29.2 Å². The number of hydrazine groups is 1. The molecule has 0 aliphatic carbocycles. The standard InChI is InChI=1S/C22H27N3O4S/c1-29-21-12-16(8-9-19(21)17-13-23-24-14-17)22(26)25-10-4-7-20(25)15-5-3-6-18(11-15)30(2,27)28/h3,5-6,8-9,11-12,17,20,23-24H,4,7,10,13-14H2,1-2H3/t20-/m1/s1. The number of rotatable bonds is 5. The molecule has 0 aromatic heterocycles. The third-order valence-corrected chi connectivity index (χ3v) is 7.04. The summed E-state index contributed by atoms with van der Waals surface area (Å²) in [5, 5.41) is 0. The van der Waals surface area contributed by atoms with E-state index in [0.717, 1.165) is 37.1 Å². The first kappa shape index (κ1) is 20.8. The molecule has 0 spiro atoms. The van der Waals surface area contributed by atoms with E-state index in [2.05, 4.69) is 10.9 Å². The molecular weight excluding hydrogens is 402 g/mol. The summed E-state index contributed by atoms with van der Waals surface area (Å²) in [6.45, 7) is 2.27. The van der Waals surface area contributed by atoms with Gasteiger partial charge in [-0.05, 0) is 48.2 Å². The number of benzene rings is 2. The minimum Gasteiger partial charge on any atom is -0.496 e. The van der Waals surface area contributed by atoms with E-state index in [0.29, 0.717) is 23.8 Å². The zero-order valence-corrected chi connectivity index (χ0v) is 18.0. The van der Waals surface area contributed by atoms with E-state index in [1.165, 1.54) is 6.26 Å². The number of nitrogens with one attached hydrogen (secondary N) is 2. The molecule has 2 aliphatic heterocycles. The number of carbonyl (C=O) groups is 1. The molecule has 8 heteroatoms. The Hall–Kier alpha value is -2.42. The molecule has 1 amide bonds. The van der Waals surface area contributed by atoms with E-state index in [-0.39, 0.29) is 16.8 Å². The lowest BCUT2D eigenvalue weighted by molar-refractivity contribution is 0.0735. The van der Waals surface area contributed by atoms with Crippen LogP contribution in [0.3, 0.4) is 0 Å². The summed E-state index contributed by atoms with van der Waals surface area (Å²) in [5.74, 6) is 0.948. The number of ether oxygens (including phenoxy) is 1. The number of sulfone groups is 1. The summed E-state index contributed by atoms with van der Waals surface area (Å²) in [6, 6.07) is 12.4. The van der Waals surface area contributed by atoms with Crippen molar-refractivity contribution in [2.24, 2.45) is 0 Å². The average Bonchev–Trinajstić information content (AvgIpc) is 3.44. The van der Waals surface area contributed by atoms with E-state index >= 15 is 0 Å². The molecule has 2 aliphatic rings. The molecule has 30 heavy (non-hydrogen) atoms. The van der Waals surface area contributed by atoms with Gasteiger partial charge in [0.25, 0.3) is 5.91 Å². The lowest BCUT2D eigenvalue weighted by atomic mass is 9.97. The molecule has 2 aromatic carbocycles. The lowest BCUT2D eigenvalue weighted by Crippen LogP contribution is -2.30. The summed E-state index contributed by atoms with van der Waals surface area (Å²) in [6.07, 6.45) is 2.90. The fourth-order valence-corrected chi connectivity index (χ4v) is 5.01. The first-order valence-corrected chi connectivity index (χ1v) is 12.0. The molecule has 0 bridgehead atoms. The van der Waals surface area contributed by atoms with Crippen LogP contribution >= 0.6 is 0 Å². The monoisotopic (exact) mass is 429 g/mol.